The highest BCUT2D eigenvalue weighted by atomic mass is 16.1. The smallest absolute Gasteiger partial charge is 0.309 e. The molecule has 0 amide bonds. The van der Waals surface area contributed by atoms with Crippen LogP contribution >= 0.6 is 0 Å². The summed E-state index contributed by atoms with van der Waals surface area (Å²) < 4.78 is 1.40. The lowest BCUT2D eigenvalue weighted by Crippen LogP contribution is -2.34. The molecule has 6 nitrogen and oxygen atoms in total. The Kier molecular flexibility index (Phi) is 3.83. The molecule has 0 unspecified atom stereocenters. The number of hydrogen-bond donors (Lipinski definition) is 1. The molecule has 0 atom stereocenters. The van der Waals surface area contributed by atoms with Crippen molar-refractivity contribution in [2.75, 3.05) is 6.54 Å². The van der Waals surface area contributed by atoms with E-state index in [2.05, 4.69) is 39.2 Å². The Morgan fingerprint density at radius 3 is 2.52 bits per heavy atom. The molecule has 0 spiro atoms. The van der Waals surface area contributed by atoms with Crippen molar-refractivity contribution >= 4 is 5.65 Å². The van der Waals surface area contributed by atoms with Crippen LogP contribution in [0.4, 0.5) is 0 Å². The van der Waals surface area contributed by atoms with Gasteiger partial charge in [-0.05, 0) is 5.56 Å². The van der Waals surface area contributed by atoms with Gasteiger partial charge in [-0.2, -0.15) is 4.52 Å². The predicted octanol–water partition coefficient (Wildman–Crippen LogP) is 2.64. The zero-order valence-corrected chi connectivity index (χ0v) is 14.8. The molecule has 0 aliphatic carbocycles. The lowest BCUT2D eigenvalue weighted by molar-refractivity contribution is 0.243. The van der Waals surface area contributed by atoms with Crippen LogP contribution in [0.1, 0.15) is 16.8 Å². The summed E-state index contributed by atoms with van der Waals surface area (Å²) >= 11 is 0. The van der Waals surface area contributed by atoms with Crippen molar-refractivity contribution in [1.82, 2.24) is 24.5 Å². The van der Waals surface area contributed by atoms with Crippen molar-refractivity contribution in [3.63, 3.8) is 0 Å². The Morgan fingerprint density at radius 2 is 1.74 bits per heavy atom. The Bertz CT molecular complexity index is 1150. The van der Waals surface area contributed by atoms with Crippen molar-refractivity contribution in [3.05, 3.63) is 88.0 Å². The SMILES string of the molecule is O=c1[nH]c2c(c3nc(-c4ccccc4)nn13)CN(Cc1ccccc1)CC2. The molecule has 6 heteroatoms. The molecular weight excluding hydrogens is 338 g/mol. The molecule has 0 radical (unpaired) electrons. The maximum absolute atomic E-state index is 12.5. The minimum atomic E-state index is -0.227. The highest BCUT2D eigenvalue weighted by molar-refractivity contribution is 5.60. The van der Waals surface area contributed by atoms with E-state index in [4.69, 9.17) is 4.98 Å². The minimum Gasteiger partial charge on any atom is -0.309 e. The van der Waals surface area contributed by atoms with Crippen molar-refractivity contribution in [2.24, 2.45) is 0 Å². The summed E-state index contributed by atoms with van der Waals surface area (Å²) in [5, 5.41) is 4.44. The van der Waals surface area contributed by atoms with Crippen molar-refractivity contribution < 1.29 is 0 Å². The molecule has 27 heavy (non-hydrogen) atoms. The number of rotatable bonds is 3. The fourth-order valence-electron chi connectivity index (χ4n) is 3.68. The number of fused-ring (bicyclic) bond motifs is 3. The van der Waals surface area contributed by atoms with Gasteiger partial charge in [0.25, 0.3) is 0 Å². The molecular formula is C21H19N5O. The molecule has 134 valence electrons. The van der Waals surface area contributed by atoms with Gasteiger partial charge in [-0.25, -0.2) is 9.78 Å². The Hall–Kier alpha value is -3.25. The van der Waals surface area contributed by atoms with Crippen LogP contribution in [-0.4, -0.2) is 31.0 Å². The van der Waals surface area contributed by atoms with E-state index >= 15 is 0 Å². The third-order valence-electron chi connectivity index (χ3n) is 5.03. The zero-order valence-electron chi connectivity index (χ0n) is 14.8. The summed E-state index contributed by atoms with van der Waals surface area (Å²) in [6.07, 6.45) is 0.807. The number of nitrogens with one attached hydrogen (secondary N) is 1. The number of benzene rings is 2. The van der Waals surface area contributed by atoms with Crippen LogP contribution in [-0.2, 0) is 19.5 Å². The van der Waals surface area contributed by atoms with Crippen LogP contribution in [0.3, 0.4) is 0 Å². The average Bonchev–Trinajstić information content (AvgIpc) is 3.17. The van der Waals surface area contributed by atoms with E-state index in [1.54, 1.807) is 0 Å². The van der Waals surface area contributed by atoms with Gasteiger partial charge in [0.05, 0.1) is 0 Å². The summed E-state index contributed by atoms with van der Waals surface area (Å²) in [4.78, 5) is 22.5. The molecule has 0 saturated heterocycles. The van der Waals surface area contributed by atoms with Crippen molar-refractivity contribution in [3.8, 4) is 11.4 Å². The normalized spacial score (nSPS) is 14.4. The second-order valence-corrected chi connectivity index (χ2v) is 6.87. The maximum Gasteiger partial charge on any atom is 0.348 e. The van der Waals surface area contributed by atoms with Crippen molar-refractivity contribution in [1.29, 1.82) is 0 Å². The van der Waals surface area contributed by atoms with Gasteiger partial charge >= 0.3 is 5.69 Å². The van der Waals surface area contributed by atoms with Crippen molar-refractivity contribution in [2.45, 2.75) is 19.5 Å². The number of H-pyrrole nitrogens is 1. The largest absolute Gasteiger partial charge is 0.348 e. The van der Waals surface area contributed by atoms with Crippen LogP contribution in [0.2, 0.25) is 0 Å². The average molecular weight is 357 g/mol. The molecule has 4 aromatic rings. The molecule has 1 aliphatic heterocycles. The van der Waals surface area contributed by atoms with Crippen LogP contribution in [0.5, 0.6) is 0 Å². The number of aromatic nitrogens is 4. The monoisotopic (exact) mass is 357 g/mol. The fourth-order valence-corrected chi connectivity index (χ4v) is 3.68. The first-order chi connectivity index (χ1) is 13.3. The Balaban J connectivity index is 1.55. The first-order valence-electron chi connectivity index (χ1n) is 9.10. The predicted molar refractivity (Wildman–Crippen MR) is 103 cm³/mol. The van der Waals surface area contributed by atoms with E-state index < -0.39 is 0 Å². The fraction of sp³-hybridized carbons (Fsp3) is 0.190. The van der Waals surface area contributed by atoms with E-state index in [1.807, 2.05) is 36.4 Å². The van der Waals surface area contributed by atoms with Gasteiger partial charge in [0.2, 0.25) is 0 Å². The highest BCUT2D eigenvalue weighted by Crippen LogP contribution is 2.23. The van der Waals surface area contributed by atoms with Crippen LogP contribution < -0.4 is 5.69 Å². The first kappa shape index (κ1) is 16.0. The second-order valence-electron chi connectivity index (χ2n) is 6.87. The van der Waals surface area contributed by atoms with E-state index in [9.17, 15) is 4.79 Å². The van der Waals surface area contributed by atoms with E-state index in [1.165, 1.54) is 10.1 Å². The third-order valence-corrected chi connectivity index (χ3v) is 5.03. The van der Waals surface area contributed by atoms with Gasteiger partial charge in [0.15, 0.2) is 11.5 Å². The zero-order chi connectivity index (χ0) is 18.2. The minimum absolute atomic E-state index is 0.227. The number of nitrogens with zero attached hydrogens (tertiary/aromatic N) is 4. The Labute approximate surface area is 156 Å². The summed E-state index contributed by atoms with van der Waals surface area (Å²) in [5.74, 6) is 0.578. The molecule has 3 heterocycles. The third kappa shape index (κ3) is 2.94. The van der Waals surface area contributed by atoms with Gasteiger partial charge in [-0.15, -0.1) is 5.10 Å². The quantitative estimate of drug-likeness (QED) is 0.612. The van der Waals surface area contributed by atoms with Gasteiger partial charge < -0.3 is 4.98 Å². The molecule has 0 bridgehead atoms. The molecule has 5 rings (SSSR count). The lowest BCUT2D eigenvalue weighted by Gasteiger charge is -2.28. The first-order valence-corrected chi connectivity index (χ1v) is 9.10. The summed E-state index contributed by atoms with van der Waals surface area (Å²) in [6, 6.07) is 20.2. The van der Waals surface area contributed by atoms with Gasteiger partial charge in [-0.1, -0.05) is 60.7 Å². The molecule has 0 saturated carbocycles. The molecule has 0 fully saturated rings. The molecule has 2 aromatic carbocycles. The lowest BCUT2D eigenvalue weighted by atomic mass is 10.1. The van der Waals surface area contributed by atoms with Gasteiger partial charge in [-0.3, -0.25) is 4.90 Å². The topological polar surface area (TPSA) is 66.3 Å². The second kappa shape index (κ2) is 6.48. The summed E-state index contributed by atoms with van der Waals surface area (Å²) in [6.45, 7) is 2.54. The van der Waals surface area contributed by atoms with E-state index in [0.29, 0.717) is 11.5 Å². The Morgan fingerprint density at radius 1 is 1.00 bits per heavy atom. The number of hydrogen-bond acceptors (Lipinski definition) is 4. The summed E-state index contributed by atoms with van der Waals surface area (Å²) in [7, 11) is 0. The standard InChI is InChI=1S/C21H19N5O/c27-21-22-18-11-12-25(13-15-7-3-1-4-8-15)14-17(18)20-23-19(24-26(20)21)16-9-5-2-6-10-16/h1-10H,11-14H2,(H,22,27). The van der Waals surface area contributed by atoms with Crippen LogP contribution in [0.25, 0.3) is 17.0 Å². The molecule has 2 aromatic heterocycles. The van der Waals surface area contributed by atoms with E-state index in [-0.39, 0.29) is 5.69 Å². The maximum atomic E-state index is 12.5. The van der Waals surface area contributed by atoms with Crippen LogP contribution in [0, 0.1) is 0 Å². The van der Waals surface area contributed by atoms with Gasteiger partial charge in [0.1, 0.15) is 0 Å². The molecule has 1 aliphatic rings. The van der Waals surface area contributed by atoms with E-state index in [0.717, 1.165) is 42.9 Å². The van der Waals surface area contributed by atoms with Gasteiger partial charge in [0, 0.05) is 42.9 Å². The molecule has 1 N–H and O–H groups in total. The van der Waals surface area contributed by atoms with Crippen LogP contribution in [0.15, 0.2) is 65.5 Å². The number of aromatic amines is 1. The highest BCUT2D eigenvalue weighted by Gasteiger charge is 2.23. The summed E-state index contributed by atoms with van der Waals surface area (Å²) in [5.41, 5.74) is 4.66.